The van der Waals surface area contributed by atoms with Gasteiger partial charge in [-0.05, 0) is 33.1 Å². The lowest BCUT2D eigenvalue weighted by atomic mass is 9.91. The number of hydrogen-bond donors (Lipinski definition) is 1. The molecule has 0 radical (unpaired) electrons. The standard InChI is InChI=1S/C16H16BrFO/c1-11(12-6-3-2-4-7-12)15(19)10-13-8-5-9-14(18)16(13)17/h2-9,11,15,19H,10H2,1H3. The molecular weight excluding hydrogens is 307 g/mol. The first-order valence-corrected chi connectivity index (χ1v) is 7.05. The zero-order chi connectivity index (χ0) is 13.8. The molecule has 0 aromatic heterocycles. The van der Waals surface area contributed by atoms with Crippen LogP contribution in [0.3, 0.4) is 0 Å². The van der Waals surface area contributed by atoms with Crippen LogP contribution >= 0.6 is 15.9 Å². The van der Waals surface area contributed by atoms with Crippen molar-refractivity contribution in [1.82, 2.24) is 0 Å². The number of rotatable bonds is 4. The zero-order valence-electron chi connectivity index (χ0n) is 10.7. The second-order valence-corrected chi connectivity index (χ2v) is 5.48. The molecule has 0 heterocycles. The number of benzene rings is 2. The van der Waals surface area contributed by atoms with Crippen molar-refractivity contribution in [2.24, 2.45) is 0 Å². The second-order valence-electron chi connectivity index (χ2n) is 4.68. The van der Waals surface area contributed by atoms with Crippen LogP contribution in [0.4, 0.5) is 4.39 Å². The molecule has 0 saturated heterocycles. The molecule has 0 aliphatic heterocycles. The van der Waals surface area contributed by atoms with Crippen LogP contribution < -0.4 is 0 Å². The van der Waals surface area contributed by atoms with Crippen LogP contribution in [0.15, 0.2) is 53.0 Å². The van der Waals surface area contributed by atoms with Crippen LogP contribution in [0.5, 0.6) is 0 Å². The molecule has 0 spiro atoms. The normalized spacial score (nSPS) is 14.1. The number of aliphatic hydroxyl groups excluding tert-OH is 1. The van der Waals surface area contributed by atoms with Crippen molar-refractivity contribution < 1.29 is 9.50 Å². The average molecular weight is 323 g/mol. The SMILES string of the molecule is CC(c1ccccc1)C(O)Cc1cccc(F)c1Br. The van der Waals surface area contributed by atoms with Gasteiger partial charge in [-0.1, -0.05) is 49.4 Å². The number of halogens is 2. The fraction of sp³-hybridized carbons (Fsp3) is 0.250. The van der Waals surface area contributed by atoms with Crippen molar-refractivity contribution >= 4 is 15.9 Å². The van der Waals surface area contributed by atoms with E-state index in [9.17, 15) is 9.50 Å². The molecule has 100 valence electrons. The fourth-order valence-corrected chi connectivity index (χ4v) is 2.51. The minimum Gasteiger partial charge on any atom is -0.392 e. The van der Waals surface area contributed by atoms with Gasteiger partial charge in [0.1, 0.15) is 5.82 Å². The third kappa shape index (κ3) is 3.43. The van der Waals surface area contributed by atoms with Crippen molar-refractivity contribution in [3.05, 3.63) is 69.9 Å². The summed E-state index contributed by atoms with van der Waals surface area (Å²) in [6.07, 6.45) is -0.116. The van der Waals surface area contributed by atoms with E-state index in [1.54, 1.807) is 6.07 Å². The number of aliphatic hydroxyl groups is 1. The molecule has 2 unspecified atom stereocenters. The third-order valence-corrected chi connectivity index (χ3v) is 4.25. The first-order valence-electron chi connectivity index (χ1n) is 6.25. The van der Waals surface area contributed by atoms with Gasteiger partial charge in [0.05, 0.1) is 10.6 Å². The van der Waals surface area contributed by atoms with Crippen molar-refractivity contribution in [2.75, 3.05) is 0 Å². The predicted molar refractivity (Wildman–Crippen MR) is 78.7 cm³/mol. The first-order chi connectivity index (χ1) is 9.09. The highest BCUT2D eigenvalue weighted by molar-refractivity contribution is 9.10. The van der Waals surface area contributed by atoms with E-state index in [4.69, 9.17) is 0 Å². The van der Waals surface area contributed by atoms with Gasteiger partial charge in [0.2, 0.25) is 0 Å². The maximum absolute atomic E-state index is 13.4. The highest BCUT2D eigenvalue weighted by Crippen LogP contribution is 2.26. The van der Waals surface area contributed by atoms with E-state index in [2.05, 4.69) is 15.9 Å². The maximum Gasteiger partial charge on any atom is 0.137 e. The maximum atomic E-state index is 13.4. The predicted octanol–water partition coefficient (Wildman–Crippen LogP) is 4.30. The van der Waals surface area contributed by atoms with Gasteiger partial charge >= 0.3 is 0 Å². The summed E-state index contributed by atoms with van der Waals surface area (Å²) in [6.45, 7) is 1.98. The fourth-order valence-electron chi connectivity index (χ4n) is 2.09. The van der Waals surface area contributed by atoms with E-state index in [0.717, 1.165) is 11.1 Å². The molecule has 0 bridgehead atoms. The zero-order valence-corrected chi connectivity index (χ0v) is 12.3. The highest BCUT2D eigenvalue weighted by Gasteiger charge is 2.18. The third-order valence-electron chi connectivity index (χ3n) is 3.36. The molecule has 19 heavy (non-hydrogen) atoms. The Morgan fingerprint density at radius 3 is 2.47 bits per heavy atom. The van der Waals surface area contributed by atoms with Gasteiger partial charge in [-0.3, -0.25) is 0 Å². The molecule has 2 aromatic rings. The molecule has 2 atom stereocenters. The van der Waals surface area contributed by atoms with Gasteiger partial charge in [0, 0.05) is 12.3 Å². The summed E-state index contributed by atoms with van der Waals surface area (Å²) in [4.78, 5) is 0. The second kappa shape index (κ2) is 6.31. The van der Waals surface area contributed by atoms with E-state index < -0.39 is 6.10 Å². The smallest absolute Gasteiger partial charge is 0.137 e. The Balaban J connectivity index is 2.13. The molecule has 3 heteroatoms. The van der Waals surface area contributed by atoms with Crippen LogP contribution in [0.25, 0.3) is 0 Å². The van der Waals surface area contributed by atoms with Crippen molar-refractivity contribution in [2.45, 2.75) is 25.4 Å². The van der Waals surface area contributed by atoms with Gasteiger partial charge in [-0.2, -0.15) is 0 Å². The average Bonchev–Trinajstić information content (AvgIpc) is 2.44. The quantitative estimate of drug-likeness (QED) is 0.890. The van der Waals surface area contributed by atoms with E-state index in [-0.39, 0.29) is 11.7 Å². The van der Waals surface area contributed by atoms with Crippen molar-refractivity contribution in [3.8, 4) is 0 Å². The summed E-state index contributed by atoms with van der Waals surface area (Å²) in [6, 6.07) is 14.7. The lowest BCUT2D eigenvalue weighted by Gasteiger charge is -2.20. The molecule has 2 aromatic carbocycles. The van der Waals surface area contributed by atoms with Crippen LogP contribution in [0.2, 0.25) is 0 Å². The van der Waals surface area contributed by atoms with Gasteiger partial charge < -0.3 is 5.11 Å². The monoisotopic (exact) mass is 322 g/mol. The van der Waals surface area contributed by atoms with Crippen molar-refractivity contribution in [1.29, 1.82) is 0 Å². The summed E-state index contributed by atoms with van der Waals surface area (Å²) in [5.74, 6) is -0.284. The Morgan fingerprint density at radius 2 is 1.79 bits per heavy atom. The van der Waals surface area contributed by atoms with Gasteiger partial charge in [0.25, 0.3) is 0 Å². The Labute approximate surface area is 121 Å². The summed E-state index contributed by atoms with van der Waals surface area (Å²) >= 11 is 3.23. The molecule has 0 amide bonds. The van der Waals surface area contributed by atoms with Gasteiger partial charge in [-0.15, -0.1) is 0 Å². The van der Waals surface area contributed by atoms with Crippen LogP contribution in [-0.2, 0) is 6.42 Å². The summed E-state index contributed by atoms with van der Waals surface area (Å²) < 4.78 is 13.9. The van der Waals surface area contributed by atoms with Crippen molar-refractivity contribution in [3.63, 3.8) is 0 Å². The van der Waals surface area contributed by atoms with Crippen LogP contribution in [0, 0.1) is 5.82 Å². The summed E-state index contributed by atoms with van der Waals surface area (Å²) in [5, 5.41) is 10.3. The van der Waals surface area contributed by atoms with Crippen LogP contribution in [-0.4, -0.2) is 11.2 Å². The molecule has 0 saturated carbocycles. The van der Waals surface area contributed by atoms with E-state index in [1.807, 2.05) is 43.3 Å². The van der Waals surface area contributed by atoms with Crippen LogP contribution in [0.1, 0.15) is 24.0 Å². The Kier molecular flexibility index (Phi) is 4.72. The largest absolute Gasteiger partial charge is 0.392 e. The lowest BCUT2D eigenvalue weighted by Crippen LogP contribution is -2.19. The topological polar surface area (TPSA) is 20.2 Å². The van der Waals surface area contributed by atoms with E-state index >= 15 is 0 Å². The molecule has 0 aliphatic carbocycles. The summed E-state index contributed by atoms with van der Waals surface area (Å²) in [7, 11) is 0. The van der Waals surface area contributed by atoms with E-state index in [1.165, 1.54) is 6.07 Å². The molecule has 1 N–H and O–H groups in total. The molecule has 0 aliphatic rings. The molecular formula is C16H16BrFO. The molecule has 1 nitrogen and oxygen atoms in total. The molecule has 0 fully saturated rings. The Morgan fingerprint density at radius 1 is 1.11 bits per heavy atom. The van der Waals surface area contributed by atoms with E-state index in [0.29, 0.717) is 10.9 Å². The Bertz CT molecular complexity index is 542. The number of hydrogen-bond acceptors (Lipinski definition) is 1. The summed E-state index contributed by atoms with van der Waals surface area (Å²) in [5.41, 5.74) is 1.87. The minimum absolute atomic E-state index is 0.0105. The highest BCUT2D eigenvalue weighted by atomic mass is 79.9. The van der Waals surface area contributed by atoms with Gasteiger partial charge in [0.15, 0.2) is 0 Å². The Hall–Kier alpha value is -1.19. The minimum atomic E-state index is -0.541. The van der Waals surface area contributed by atoms with Gasteiger partial charge in [-0.25, -0.2) is 4.39 Å². The molecule has 2 rings (SSSR count). The lowest BCUT2D eigenvalue weighted by molar-refractivity contribution is 0.149. The first kappa shape index (κ1) is 14.2.